The first-order chi connectivity index (χ1) is 15.7. The van der Waals surface area contributed by atoms with Crippen LogP contribution in [0.15, 0.2) is 93.3 Å². The van der Waals surface area contributed by atoms with Crippen molar-refractivity contribution in [1.29, 1.82) is 0 Å². The van der Waals surface area contributed by atoms with Gasteiger partial charge in [-0.1, -0.05) is 54.1 Å². The fourth-order valence-corrected chi connectivity index (χ4v) is 4.50. The summed E-state index contributed by atoms with van der Waals surface area (Å²) in [6.07, 6.45) is -4.48. The second-order valence-corrected chi connectivity index (χ2v) is 9.10. The molecular formula is C23H16Cl2F3N3OS. The predicted molar refractivity (Wildman–Crippen MR) is 125 cm³/mol. The maximum absolute atomic E-state index is 12.8. The van der Waals surface area contributed by atoms with Crippen molar-refractivity contribution in [2.45, 2.75) is 17.0 Å². The minimum Gasteiger partial charge on any atom is -0.586 e. The van der Waals surface area contributed by atoms with Crippen LogP contribution >= 0.6 is 23.2 Å². The zero-order chi connectivity index (χ0) is 23.6. The molecule has 0 saturated heterocycles. The van der Waals surface area contributed by atoms with Crippen molar-refractivity contribution in [3.05, 3.63) is 101 Å². The summed E-state index contributed by atoms with van der Waals surface area (Å²) in [5, 5.41) is 6.50. The molecule has 0 bridgehead atoms. The van der Waals surface area contributed by atoms with Crippen LogP contribution in [0.1, 0.15) is 22.6 Å². The van der Waals surface area contributed by atoms with E-state index in [0.717, 1.165) is 41.1 Å². The Bertz CT molecular complexity index is 1170. The van der Waals surface area contributed by atoms with Crippen LogP contribution in [0.5, 0.6) is 0 Å². The summed E-state index contributed by atoms with van der Waals surface area (Å²) < 4.78 is 54.8. The lowest BCUT2D eigenvalue weighted by molar-refractivity contribution is -0.137. The molecule has 3 aromatic rings. The first-order valence-electron chi connectivity index (χ1n) is 9.72. The Hall–Kier alpha value is -2.52. The third-order valence-electron chi connectivity index (χ3n) is 5.01. The van der Waals surface area contributed by atoms with Crippen LogP contribution in [0.25, 0.3) is 0 Å². The number of benzene rings is 3. The first-order valence-corrected chi connectivity index (χ1v) is 11.6. The van der Waals surface area contributed by atoms with Gasteiger partial charge in [-0.25, -0.2) is 5.01 Å². The lowest BCUT2D eigenvalue weighted by Gasteiger charge is -2.15. The third-order valence-corrected chi connectivity index (χ3v) is 6.66. The van der Waals surface area contributed by atoms with Crippen LogP contribution < -0.4 is 0 Å². The van der Waals surface area contributed by atoms with Crippen LogP contribution in [-0.2, 0) is 17.5 Å². The highest BCUT2D eigenvalue weighted by Gasteiger charge is 2.33. The molecule has 2 atom stereocenters. The normalized spacial score (nSPS) is 17.8. The maximum atomic E-state index is 12.8. The Balaban J connectivity index is 1.60. The van der Waals surface area contributed by atoms with Crippen molar-refractivity contribution < 1.29 is 17.7 Å². The quantitative estimate of drug-likeness (QED) is 0.175. The van der Waals surface area contributed by atoms with Crippen molar-refractivity contribution in [2.75, 3.05) is 6.54 Å². The molecule has 3 aromatic carbocycles. The monoisotopic (exact) mass is 509 g/mol. The summed E-state index contributed by atoms with van der Waals surface area (Å²) in [5.74, 6) is -0.129. The number of rotatable bonds is 4. The van der Waals surface area contributed by atoms with Gasteiger partial charge in [-0.3, -0.25) is 0 Å². The number of amidine groups is 1. The van der Waals surface area contributed by atoms with Gasteiger partial charge in [0.25, 0.3) is 5.29 Å². The summed E-state index contributed by atoms with van der Waals surface area (Å²) in [7, 11) is 0. The Morgan fingerprint density at radius 2 is 1.64 bits per heavy atom. The average Bonchev–Trinajstić information content (AvgIpc) is 3.25. The summed E-state index contributed by atoms with van der Waals surface area (Å²) in [6.45, 7) is 0.356. The van der Waals surface area contributed by atoms with Crippen molar-refractivity contribution in [1.82, 2.24) is 5.01 Å². The number of alkyl halides is 3. The average molecular weight is 510 g/mol. The highest BCUT2D eigenvalue weighted by Crippen LogP contribution is 2.32. The van der Waals surface area contributed by atoms with E-state index >= 15 is 0 Å². The Kier molecular flexibility index (Phi) is 6.99. The van der Waals surface area contributed by atoms with E-state index in [0.29, 0.717) is 11.6 Å². The van der Waals surface area contributed by atoms with Gasteiger partial charge in [0, 0.05) is 10.9 Å². The molecule has 2 unspecified atom stereocenters. The molecule has 1 aliphatic rings. The molecule has 1 heterocycles. The molecule has 0 saturated carbocycles. The highest BCUT2D eigenvalue weighted by molar-refractivity contribution is 7.90. The standard InChI is InChI=1S/C23H16Cl2F3N3OS/c24-18-10-6-16(7-11-18)21-20(15-4-2-1-3-5-15)14-31(29-21)22(25)30-33(32)19-12-8-17(9-13-19)23(26,27)28/h1-13,20H,14H2/b30-22-. The van der Waals surface area contributed by atoms with Crippen LogP contribution in [-0.4, -0.2) is 27.1 Å². The Morgan fingerprint density at radius 1 is 1.00 bits per heavy atom. The molecule has 0 amide bonds. The zero-order valence-electron chi connectivity index (χ0n) is 16.8. The van der Waals surface area contributed by atoms with Gasteiger partial charge in [0.1, 0.15) is 11.4 Å². The lowest BCUT2D eigenvalue weighted by atomic mass is 9.91. The van der Waals surface area contributed by atoms with Crippen molar-refractivity contribution >= 4 is 45.6 Å². The minimum atomic E-state index is -4.48. The topological polar surface area (TPSA) is 51.0 Å². The van der Waals surface area contributed by atoms with E-state index in [-0.39, 0.29) is 16.1 Å². The van der Waals surface area contributed by atoms with E-state index in [4.69, 9.17) is 23.2 Å². The predicted octanol–water partition coefficient (Wildman–Crippen LogP) is 6.48. The molecule has 0 aliphatic carbocycles. The molecule has 33 heavy (non-hydrogen) atoms. The number of halogens is 5. The van der Waals surface area contributed by atoms with Crippen molar-refractivity contribution in [2.24, 2.45) is 9.50 Å². The zero-order valence-corrected chi connectivity index (χ0v) is 19.2. The number of nitrogens with zero attached hydrogens (tertiary/aromatic N) is 3. The van der Waals surface area contributed by atoms with Gasteiger partial charge in [0.05, 0.1) is 17.8 Å². The van der Waals surface area contributed by atoms with E-state index < -0.39 is 23.1 Å². The molecule has 0 fully saturated rings. The van der Waals surface area contributed by atoms with Gasteiger partial charge in [0.2, 0.25) is 0 Å². The second kappa shape index (κ2) is 9.77. The van der Waals surface area contributed by atoms with Crippen LogP contribution in [0.3, 0.4) is 0 Å². The summed E-state index contributed by atoms with van der Waals surface area (Å²) in [4.78, 5) is 0.0989. The molecule has 170 valence electrons. The fraction of sp³-hybridized carbons (Fsp3) is 0.130. The van der Waals surface area contributed by atoms with Gasteiger partial charge in [-0.05, 0) is 63.5 Å². The van der Waals surface area contributed by atoms with Gasteiger partial charge >= 0.3 is 6.18 Å². The van der Waals surface area contributed by atoms with E-state index in [9.17, 15) is 17.7 Å². The number of hydrogen-bond acceptors (Lipinski definition) is 3. The van der Waals surface area contributed by atoms with E-state index in [1.54, 1.807) is 12.1 Å². The molecule has 4 rings (SSSR count). The highest BCUT2D eigenvalue weighted by atomic mass is 35.5. The van der Waals surface area contributed by atoms with Gasteiger partial charge in [-0.2, -0.15) is 18.3 Å². The summed E-state index contributed by atoms with van der Waals surface area (Å²) in [6, 6.07) is 20.9. The fourth-order valence-electron chi connectivity index (χ4n) is 3.37. The van der Waals surface area contributed by atoms with Gasteiger partial charge < -0.3 is 4.55 Å². The molecule has 0 radical (unpaired) electrons. The van der Waals surface area contributed by atoms with Crippen molar-refractivity contribution in [3.8, 4) is 0 Å². The van der Waals surface area contributed by atoms with Crippen LogP contribution in [0, 0.1) is 0 Å². The Labute approximate surface area is 201 Å². The SMILES string of the molecule is [O-][S+](/N=C(/Cl)N1CC(c2ccccc2)C(c2ccc(Cl)cc2)=N1)c1ccc(C(F)(F)F)cc1. The minimum absolute atomic E-state index is 0.0989. The van der Waals surface area contributed by atoms with E-state index in [1.807, 2.05) is 42.5 Å². The van der Waals surface area contributed by atoms with Crippen molar-refractivity contribution in [3.63, 3.8) is 0 Å². The van der Waals surface area contributed by atoms with E-state index in [1.165, 1.54) is 5.01 Å². The van der Waals surface area contributed by atoms with Gasteiger partial charge in [-0.15, -0.1) is 0 Å². The summed E-state index contributed by atoms with van der Waals surface area (Å²) >= 11 is 10.4. The third kappa shape index (κ3) is 5.52. The number of hydrazone groups is 1. The molecule has 0 spiro atoms. The smallest absolute Gasteiger partial charge is 0.416 e. The second-order valence-electron chi connectivity index (χ2n) is 7.17. The molecule has 4 nitrogen and oxygen atoms in total. The molecule has 0 aromatic heterocycles. The maximum Gasteiger partial charge on any atom is 0.416 e. The Morgan fingerprint density at radius 3 is 2.24 bits per heavy atom. The number of hydrogen-bond donors (Lipinski definition) is 0. The molecule has 10 heteroatoms. The van der Waals surface area contributed by atoms with Gasteiger partial charge in [0.15, 0.2) is 4.90 Å². The molecule has 1 aliphatic heterocycles. The van der Waals surface area contributed by atoms with Crippen LogP contribution in [0.4, 0.5) is 13.2 Å². The van der Waals surface area contributed by atoms with E-state index in [2.05, 4.69) is 9.50 Å². The first kappa shape index (κ1) is 23.6. The summed E-state index contributed by atoms with van der Waals surface area (Å²) in [5.41, 5.74) is 1.78. The molecule has 0 N–H and O–H groups in total. The molecular weight excluding hydrogens is 494 g/mol. The largest absolute Gasteiger partial charge is 0.586 e. The lowest BCUT2D eigenvalue weighted by Crippen LogP contribution is -2.23. The van der Waals surface area contributed by atoms with Crippen LogP contribution in [0.2, 0.25) is 5.02 Å².